The highest BCUT2D eigenvalue weighted by molar-refractivity contribution is 5.39. The highest BCUT2D eigenvalue weighted by Gasteiger charge is 2.37. The van der Waals surface area contributed by atoms with Crippen molar-refractivity contribution in [2.75, 3.05) is 13.1 Å². The van der Waals surface area contributed by atoms with Crippen LogP contribution >= 0.6 is 0 Å². The molecule has 2 nitrogen and oxygen atoms in total. The molecule has 0 atom stereocenters. The van der Waals surface area contributed by atoms with E-state index in [1.807, 2.05) is 36.4 Å². The Bertz CT molecular complexity index is 896. The maximum atomic E-state index is 13.1. The molecule has 1 fully saturated rings. The number of hydrogen-bond acceptors (Lipinski definition) is 2. The number of nitrogens with zero attached hydrogens (tertiary/aromatic N) is 1. The van der Waals surface area contributed by atoms with Crippen LogP contribution < -0.4 is 0 Å². The lowest BCUT2D eigenvalue weighted by atomic mass is 9.85. The van der Waals surface area contributed by atoms with Gasteiger partial charge in [0.2, 0.25) is 0 Å². The van der Waals surface area contributed by atoms with Crippen LogP contribution in [0.1, 0.15) is 34.2 Å². The van der Waals surface area contributed by atoms with Gasteiger partial charge >= 0.3 is 6.18 Å². The van der Waals surface area contributed by atoms with Gasteiger partial charge in [-0.3, -0.25) is 4.90 Å². The van der Waals surface area contributed by atoms with Crippen molar-refractivity contribution >= 4 is 0 Å². The Morgan fingerprint density at radius 1 is 0.821 bits per heavy atom. The second-order valence-electron chi connectivity index (χ2n) is 7.19. The smallest absolute Gasteiger partial charge is 0.416 e. The van der Waals surface area contributed by atoms with Gasteiger partial charge in [0, 0.05) is 19.0 Å². The van der Waals surface area contributed by atoms with Gasteiger partial charge in [-0.1, -0.05) is 60.7 Å². The Kier molecular flexibility index (Phi) is 4.85. The number of phenols is 1. The molecular weight excluding hydrogens is 363 g/mol. The second kappa shape index (κ2) is 7.32. The lowest BCUT2D eigenvalue weighted by Crippen LogP contribution is -2.47. The van der Waals surface area contributed by atoms with E-state index < -0.39 is 11.7 Å². The summed E-state index contributed by atoms with van der Waals surface area (Å²) in [4.78, 5) is 2.26. The molecule has 4 rings (SSSR count). The van der Waals surface area contributed by atoms with Crippen LogP contribution in [0.15, 0.2) is 78.9 Å². The molecule has 3 aromatic rings. The highest BCUT2D eigenvalue weighted by Crippen LogP contribution is 2.40. The van der Waals surface area contributed by atoms with E-state index in [9.17, 15) is 18.3 Å². The summed E-state index contributed by atoms with van der Waals surface area (Å²) in [5, 5.41) is 9.74. The second-order valence-corrected chi connectivity index (χ2v) is 7.19. The third-order valence-electron chi connectivity index (χ3n) is 5.24. The van der Waals surface area contributed by atoms with Crippen LogP contribution in [-0.2, 0) is 6.18 Å². The topological polar surface area (TPSA) is 23.5 Å². The van der Waals surface area contributed by atoms with E-state index in [-0.39, 0.29) is 17.7 Å². The Hall–Kier alpha value is -2.79. The van der Waals surface area contributed by atoms with Gasteiger partial charge in [0.25, 0.3) is 0 Å². The summed E-state index contributed by atoms with van der Waals surface area (Å²) in [5.74, 6) is -0.380. The largest absolute Gasteiger partial charge is 0.508 e. The molecule has 0 bridgehead atoms. The Morgan fingerprint density at radius 3 is 1.86 bits per heavy atom. The molecule has 1 N–H and O–H groups in total. The highest BCUT2D eigenvalue weighted by atomic mass is 19.4. The number of hydrogen-bond donors (Lipinski definition) is 1. The summed E-state index contributed by atoms with van der Waals surface area (Å²) in [5.41, 5.74) is 2.03. The molecule has 5 heteroatoms. The quantitative estimate of drug-likeness (QED) is 0.634. The summed E-state index contributed by atoms with van der Waals surface area (Å²) in [6.07, 6.45) is -4.46. The lowest BCUT2D eigenvalue weighted by Gasteiger charge is -2.45. The van der Waals surface area contributed by atoms with E-state index in [1.165, 1.54) is 6.07 Å². The monoisotopic (exact) mass is 383 g/mol. The van der Waals surface area contributed by atoms with Crippen LogP contribution in [0, 0.1) is 0 Å². The first kappa shape index (κ1) is 18.6. The number of aromatic hydroxyl groups is 1. The zero-order chi connectivity index (χ0) is 19.7. The maximum absolute atomic E-state index is 13.1. The fraction of sp³-hybridized carbons (Fsp3) is 0.217. The minimum atomic E-state index is -4.46. The first-order chi connectivity index (χ1) is 13.4. The van der Waals surface area contributed by atoms with E-state index >= 15 is 0 Å². The van der Waals surface area contributed by atoms with E-state index in [0.717, 1.165) is 23.3 Å². The summed E-state index contributed by atoms with van der Waals surface area (Å²) >= 11 is 0. The molecule has 0 aliphatic carbocycles. The zero-order valence-electron chi connectivity index (χ0n) is 15.1. The van der Waals surface area contributed by atoms with E-state index in [4.69, 9.17) is 0 Å². The summed E-state index contributed by atoms with van der Waals surface area (Å²) in [6, 6.07) is 23.6. The van der Waals surface area contributed by atoms with Gasteiger partial charge in [0.05, 0.1) is 11.6 Å². The Balaban J connectivity index is 1.58. The number of halogens is 3. The van der Waals surface area contributed by atoms with Crippen molar-refractivity contribution in [2.45, 2.75) is 18.1 Å². The van der Waals surface area contributed by atoms with Gasteiger partial charge in [0.15, 0.2) is 0 Å². The number of rotatable bonds is 4. The predicted molar refractivity (Wildman–Crippen MR) is 102 cm³/mol. The maximum Gasteiger partial charge on any atom is 0.416 e. The van der Waals surface area contributed by atoms with Crippen molar-refractivity contribution in [1.82, 2.24) is 4.90 Å². The van der Waals surface area contributed by atoms with Crippen molar-refractivity contribution in [1.29, 1.82) is 0 Å². The minimum absolute atomic E-state index is 0.0388. The summed E-state index contributed by atoms with van der Waals surface area (Å²) < 4.78 is 39.2. The standard InChI is InChI=1S/C23H20F3NO/c24-23(25,26)20-11-18(12-21(28)13-20)19-14-27(15-19)22(16-7-3-1-4-8-16)17-9-5-2-6-10-17/h1-13,19,22,28H,14-15H2. The average molecular weight is 383 g/mol. The molecule has 1 aliphatic rings. The van der Waals surface area contributed by atoms with Crippen LogP contribution in [-0.4, -0.2) is 23.1 Å². The van der Waals surface area contributed by atoms with Crippen LogP contribution in [0.2, 0.25) is 0 Å². The molecule has 0 unspecified atom stereocenters. The van der Waals surface area contributed by atoms with Gasteiger partial charge in [0.1, 0.15) is 5.75 Å². The SMILES string of the molecule is Oc1cc(C2CN(C(c3ccccc3)c3ccccc3)C2)cc(C(F)(F)F)c1. The van der Waals surface area contributed by atoms with Crippen LogP contribution in [0.3, 0.4) is 0 Å². The molecule has 144 valence electrons. The van der Waals surface area contributed by atoms with Gasteiger partial charge < -0.3 is 5.11 Å². The average Bonchev–Trinajstić information content (AvgIpc) is 2.64. The predicted octanol–water partition coefficient (Wildman–Crippen LogP) is 5.60. The molecule has 1 heterocycles. The summed E-state index contributed by atoms with van der Waals surface area (Å²) in [7, 11) is 0. The molecule has 0 spiro atoms. The van der Waals surface area contributed by atoms with Crippen molar-refractivity contribution < 1.29 is 18.3 Å². The fourth-order valence-corrected chi connectivity index (χ4v) is 3.85. The molecule has 0 radical (unpaired) electrons. The molecule has 0 amide bonds. The van der Waals surface area contributed by atoms with E-state index in [0.29, 0.717) is 18.7 Å². The first-order valence-corrected chi connectivity index (χ1v) is 9.17. The summed E-state index contributed by atoms with van der Waals surface area (Å²) in [6.45, 7) is 1.27. The number of phenolic OH excluding ortho intramolecular Hbond substituents is 1. The minimum Gasteiger partial charge on any atom is -0.508 e. The van der Waals surface area contributed by atoms with Crippen molar-refractivity contribution in [3.05, 3.63) is 101 Å². The third-order valence-corrected chi connectivity index (χ3v) is 5.24. The molecule has 28 heavy (non-hydrogen) atoms. The fourth-order valence-electron chi connectivity index (χ4n) is 3.85. The molecule has 0 aromatic heterocycles. The van der Waals surface area contributed by atoms with Gasteiger partial charge in [-0.15, -0.1) is 0 Å². The molecule has 1 aliphatic heterocycles. The van der Waals surface area contributed by atoms with Crippen LogP contribution in [0.25, 0.3) is 0 Å². The van der Waals surface area contributed by atoms with Gasteiger partial charge in [-0.05, 0) is 34.9 Å². The van der Waals surface area contributed by atoms with Gasteiger partial charge in [-0.2, -0.15) is 13.2 Å². The number of benzene rings is 3. The molecule has 1 saturated heterocycles. The van der Waals surface area contributed by atoms with Crippen LogP contribution in [0.5, 0.6) is 5.75 Å². The van der Waals surface area contributed by atoms with Crippen molar-refractivity contribution in [2.24, 2.45) is 0 Å². The van der Waals surface area contributed by atoms with Gasteiger partial charge in [-0.25, -0.2) is 0 Å². The Morgan fingerprint density at radius 2 is 1.36 bits per heavy atom. The van der Waals surface area contributed by atoms with E-state index in [1.54, 1.807) is 0 Å². The van der Waals surface area contributed by atoms with Crippen molar-refractivity contribution in [3.8, 4) is 5.75 Å². The number of likely N-dealkylation sites (tertiary alicyclic amines) is 1. The number of alkyl halides is 3. The first-order valence-electron chi connectivity index (χ1n) is 9.17. The van der Waals surface area contributed by atoms with E-state index in [2.05, 4.69) is 29.2 Å². The van der Waals surface area contributed by atoms with Crippen molar-refractivity contribution in [3.63, 3.8) is 0 Å². The Labute approximate surface area is 161 Å². The third kappa shape index (κ3) is 3.76. The molecule has 0 saturated carbocycles. The molecule has 3 aromatic carbocycles. The normalized spacial score (nSPS) is 15.6. The molecular formula is C23H20F3NO. The zero-order valence-corrected chi connectivity index (χ0v) is 15.1. The lowest BCUT2D eigenvalue weighted by molar-refractivity contribution is -0.137. The van der Waals surface area contributed by atoms with Crippen LogP contribution in [0.4, 0.5) is 13.2 Å².